The van der Waals surface area contributed by atoms with E-state index in [9.17, 15) is 4.79 Å². The molecule has 1 amide bonds. The van der Waals surface area contributed by atoms with Gasteiger partial charge in [-0.3, -0.25) is 4.79 Å². The van der Waals surface area contributed by atoms with E-state index >= 15 is 0 Å². The second-order valence-corrected chi connectivity index (χ2v) is 4.88. The number of nitriles is 1. The summed E-state index contributed by atoms with van der Waals surface area (Å²) in [5, 5.41) is 14.8. The summed E-state index contributed by atoms with van der Waals surface area (Å²) < 4.78 is 5.21. The standard InChI is InChI=1S/C17H18N4O2/c1-12-5-6-13(10-15(12)23-2)17(22)21-9-8-20-16-14(11-18)4-3-7-19-16/h3-7,10H,8-9H2,1-2H3,(H,19,20)(H,21,22). The lowest BCUT2D eigenvalue weighted by Gasteiger charge is -2.10. The number of rotatable bonds is 6. The number of hydrogen-bond donors (Lipinski definition) is 2. The van der Waals surface area contributed by atoms with Gasteiger partial charge in [-0.2, -0.15) is 5.26 Å². The van der Waals surface area contributed by atoms with Crippen molar-refractivity contribution in [3.63, 3.8) is 0 Å². The minimum atomic E-state index is -0.174. The summed E-state index contributed by atoms with van der Waals surface area (Å²) in [5.41, 5.74) is 2.00. The van der Waals surface area contributed by atoms with E-state index in [1.165, 1.54) is 0 Å². The van der Waals surface area contributed by atoms with Crippen LogP contribution in [0.4, 0.5) is 5.82 Å². The molecule has 1 aromatic carbocycles. The zero-order valence-corrected chi connectivity index (χ0v) is 13.1. The van der Waals surface area contributed by atoms with Crippen LogP contribution in [0.15, 0.2) is 36.5 Å². The molecule has 0 radical (unpaired) electrons. The highest BCUT2D eigenvalue weighted by Crippen LogP contribution is 2.18. The number of benzene rings is 1. The van der Waals surface area contributed by atoms with Crippen molar-refractivity contribution in [3.05, 3.63) is 53.2 Å². The molecule has 6 heteroatoms. The Kier molecular flexibility index (Phi) is 5.53. The molecule has 0 bridgehead atoms. The summed E-state index contributed by atoms with van der Waals surface area (Å²) >= 11 is 0. The van der Waals surface area contributed by atoms with Gasteiger partial charge < -0.3 is 15.4 Å². The minimum Gasteiger partial charge on any atom is -0.496 e. The average molecular weight is 310 g/mol. The molecule has 23 heavy (non-hydrogen) atoms. The van der Waals surface area contributed by atoms with Gasteiger partial charge in [0.1, 0.15) is 17.6 Å². The molecule has 2 aromatic rings. The molecule has 118 valence electrons. The molecule has 2 rings (SSSR count). The number of amides is 1. The van der Waals surface area contributed by atoms with E-state index in [1.807, 2.05) is 13.0 Å². The molecule has 0 saturated carbocycles. The van der Waals surface area contributed by atoms with Crippen LogP contribution >= 0.6 is 0 Å². The lowest BCUT2D eigenvalue weighted by atomic mass is 10.1. The van der Waals surface area contributed by atoms with Crippen LogP contribution < -0.4 is 15.4 Å². The van der Waals surface area contributed by atoms with Crippen molar-refractivity contribution in [2.24, 2.45) is 0 Å². The number of hydrogen-bond acceptors (Lipinski definition) is 5. The number of anilines is 1. The van der Waals surface area contributed by atoms with Crippen LogP contribution in [0.3, 0.4) is 0 Å². The van der Waals surface area contributed by atoms with E-state index in [-0.39, 0.29) is 5.91 Å². The van der Waals surface area contributed by atoms with Crippen LogP contribution in [-0.4, -0.2) is 31.1 Å². The Morgan fingerprint density at radius 1 is 1.35 bits per heavy atom. The van der Waals surface area contributed by atoms with Crippen molar-refractivity contribution in [1.29, 1.82) is 5.26 Å². The number of nitrogens with one attached hydrogen (secondary N) is 2. The Hall–Kier alpha value is -3.07. The van der Waals surface area contributed by atoms with E-state index in [4.69, 9.17) is 10.00 Å². The first-order valence-electron chi connectivity index (χ1n) is 7.17. The predicted octanol–water partition coefficient (Wildman–Crippen LogP) is 2.11. The highest BCUT2D eigenvalue weighted by atomic mass is 16.5. The van der Waals surface area contributed by atoms with Crippen LogP contribution in [0.2, 0.25) is 0 Å². The number of carbonyl (C=O) groups is 1. The Labute approximate surface area is 135 Å². The topological polar surface area (TPSA) is 87.0 Å². The van der Waals surface area contributed by atoms with Gasteiger partial charge in [-0.15, -0.1) is 0 Å². The van der Waals surface area contributed by atoms with Gasteiger partial charge in [0.15, 0.2) is 0 Å². The highest BCUT2D eigenvalue weighted by Gasteiger charge is 2.08. The van der Waals surface area contributed by atoms with E-state index in [1.54, 1.807) is 37.6 Å². The van der Waals surface area contributed by atoms with Crippen molar-refractivity contribution in [2.75, 3.05) is 25.5 Å². The molecule has 0 unspecified atom stereocenters. The van der Waals surface area contributed by atoms with Gasteiger partial charge in [0, 0.05) is 24.8 Å². The Balaban J connectivity index is 1.87. The van der Waals surface area contributed by atoms with Crippen LogP contribution in [0.1, 0.15) is 21.5 Å². The summed E-state index contributed by atoms with van der Waals surface area (Å²) in [4.78, 5) is 16.2. The molecule has 2 N–H and O–H groups in total. The van der Waals surface area contributed by atoms with Crippen LogP contribution in [-0.2, 0) is 0 Å². The number of carbonyl (C=O) groups excluding carboxylic acids is 1. The lowest BCUT2D eigenvalue weighted by Crippen LogP contribution is -2.29. The monoisotopic (exact) mass is 310 g/mol. The van der Waals surface area contributed by atoms with Gasteiger partial charge in [-0.05, 0) is 36.8 Å². The summed E-state index contributed by atoms with van der Waals surface area (Å²) in [6, 6.07) is 10.8. The molecule has 6 nitrogen and oxygen atoms in total. The van der Waals surface area contributed by atoms with Gasteiger partial charge in [-0.1, -0.05) is 6.07 Å². The SMILES string of the molecule is COc1cc(C(=O)NCCNc2ncccc2C#N)ccc1C. The van der Waals surface area contributed by atoms with E-state index in [0.29, 0.717) is 35.8 Å². The maximum Gasteiger partial charge on any atom is 0.251 e. The number of nitrogens with zero attached hydrogens (tertiary/aromatic N) is 2. The van der Waals surface area contributed by atoms with E-state index in [0.717, 1.165) is 5.56 Å². The summed E-state index contributed by atoms with van der Waals surface area (Å²) in [6.07, 6.45) is 1.61. The fourth-order valence-corrected chi connectivity index (χ4v) is 2.06. The lowest BCUT2D eigenvalue weighted by molar-refractivity contribution is 0.0955. The molecule has 0 aliphatic heterocycles. The van der Waals surface area contributed by atoms with Crippen LogP contribution in [0.25, 0.3) is 0 Å². The molecule has 0 atom stereocenters. The molecule has 0 aliphatic carbocycles. The second kappa shape index (κ2) is 7.80. The smallest absolute Gasteiger partial charge is 0.251 e. The summed E-state index contributed by atoms with van der Waals surface area (Å²) in [6.45, 7) is 2.81. The number of methoxy groups -OCH3 is 1. The van der Waals surface area contributed by atoms with Crippen molar-refractivity contribution in [1.82, 2.24) is 10.3 Å². The minimum absolute atomic E-state index is 0.174. The molecule has 0 fully saturated rings. The van der Waals surface area contributed by atoms with Gasteiger partial charge in [0.2, 0.25) is 0 Å². The first kappa shape index (κ1) is 16.3. The Morgan fingerprint density at radius 2 is 2.17 bits per heavy atom. The second-order valence-electron chi connectivity index (χ2n) is 4.88. The average Bonchev–Trinajstić information content (AvgIpc) is 2.59. The van der Waals surface area contributed by atoms with Crippen molar-refractivity contribution < 1.29 is 9.53 Å². The third-order valence-electron chi connectivity index (χ3n) is 3.30. The normalized spacial score (nSPS) is 9.78. The molecular weight excluding hydrogens is 292 g/mol. The molecule has 1 heterocycles. The first-order chi connectivity index (χ1) is 11.2. The van der Waals surface area contributed by atoms with Crippen molar-refractivity contribution in [3.8, 4) is 11.8 Å². The van der Waals surface area contributed by atoms with E-state index in [2.05, 4.69) is 21.7 Å². The molecule has 0 spiro atoms. The van der Waals surface area contributed by atoms with Gasteiger partial charge in [0.05, 0.1) is 12.7 Å². The quantitative estimate of drug-likeness (QED) is 0.798. The summed E-state index contributed by atoms with van der Waals surface area (Å²) in [5.74, 6) is 1.02. The maximum atomic E-state index is 12.1. The largest absolute Gasteiger partial charge is 0.496 e. The molecule has 0 saturated heterocycles. The number of pyridine rings is 1. The third-order valence-corrected chi connectivity index (χ3v) is 3.30. The Bertz CT molecular complexity index is 738. The Morgan fingerprint density at radius 3 is 2.91 bits per heavy atom. The van der Waals surface area contributed by atoms with Gasteiger partial charge in [-0.25, -0.2) is 4.98 Å². The number of aromatic nitrogens is 1. The van der Waals surface area contributed by atoms with Crippen LogP contribution in [0, 0.1) is 18.3 Å². The molecule has 0 aliphatic rings. The molecular formula is C17H18N4O2. The van der Waals surface area contributed by atoms with Crippen molar-refractivity contribution >= 4 is 11.7 Å². The summed E-state index contributed by atoms with van der Waals surface area (Å²) in [7, 11) is 1.58. The third kappa shape index (κ3) is 4.20. The van der Waals surface area contributed by atoms with Gasteiger partial charge in [0.25, 0.3) is 5.91 Å². The highest BCUT2D eigenvalue weighted by molar-refractivity contribution is 5.94. The molecule has 1 aromatic heterocycles. The van der Waals surface area contributed by atoms with Crippen LogP contribution in [0.5, 0.6) is 5.75 Å². The number of aryl methyl sites for hydroxylation is 1. The maximum absolute atomic E-state index is 12.1. The number of ether oxygens (including phenoxy) is 1. The zero-order valence-electron chi connectivity index (χ0n) is 13.1. The van der Waals surface area contributed by atoms with E-state index < -0.39 is 0 Å². The van der Waals surface area contributed by atoms with Gasteiger partial charge >= 0.3 is 0 Å². The fraction of sp³-hybridized carbons (Fsp3) is 0.235. The van der Waals surface area contributed by atoms with Crippen molar-refractivity contribution in [2.45, 2.75) is 6.92 Å². The first-order valence-corrected chi connectivity index (χ1v) is 7.17. The zero-order chi connectivity index (χ0) is 16.7. The predicted molar refractivity (Wildman–Crippen MR) is 87.5 cm³/mol. The fourth-order valence-electron chi connectivity index (χ4n) is 2.06.